The van der Waals surface area contributed by atoms with E-state index in [9.17, 15) is 5.11 Å². The number of methoxy groups -OCH3 is 1. The molecule has 1 aromatic carbocycles. The molecule has 14 heavy (non-hydrogen) atoms. The lowest BCUT2D eigenvalue weighted by Gasteiger charge is -2.19. The summed E-state index contributed by atoms with van der Waals surface area (Å²) in [6, 6.07) is 7.85. The molecule has 1 rings (SSSR count). The molecule has 0 aliphatic rings. The fourth-order valence-corrected chi connectivity index (χ4v) is 1.28. The molecule has 1 unspecified atom stereocenters. The summed E-state index contributed by atoms with van der Waals surface area (Å²) in [4.78, 5) is 0. The topological polar surface area (TPSA) is 29.5 Å². The van der Waals surface area contributed by atoms with E-state index in [0.717, 1.165) is 5.56 Å². The monoisotopic (exact) mass is 194 g/mol. The summed E-state index contributed by atoms with van der Waals surface area (Å²) < 4.78 is 4.82. The number of rotatable bonds is 2. The molecule has 0 bridgehead atoms. The molecule has 0 saturated heterocycles. The fourth-order valence-electron chi connectivity index (χ4n) is 1.28. The first-order valence-electron chi connectivity index (χ1n) is 4.76. The molecule has 0 amide bonds. The number of aliphatic hydroxyl groups is 1. The van der Waals surface area contributed by atoms with E-state index in [1.807, 2.05) is 24.3 Å². The van der Waals surface area contributed by atoms with Crippen molar-refractivity contribution in [1.29, 1.82) is 0 Å². The summed E-state index contributed by atoms with van der Waals surface area (Å²) >= 11 is 0. The Morgan fingerprint density at radius 2 is 1.64 bits per heavy atom. The Balaban J connectivity index is 2.89. The van der Waals surface area contributed by atoms with Crippen molar-refractivity contribution < 1.29 is 9.84 Å². The van der Waals surface area contributed by atoms with Gasteiger partial charge in [0.05, 0.1) is 0 Å². The first-order valence-corrected chi connectivity index (χ1v) is 4.76. The Labute approximate surface area is 85.5 Å². The van der Waals surface area contributed by atoms with Gasteiger partial charge in [0, 0.05) is 12.7 Å². The summed E-state index contributed by atoms with van der Waals surface area (Å²) in [5.41, 5.74) is 2.20. The van der Waals surface area contributed by atoms with Crippen LogP contribution in [-0.2, 0) is 10.2 Å². The van der Waals surface area contributed by atoms with Gasteiger partial charge < -0.3 is 9.84 Å². The summed E-state index contributed by atoms with van der Waals surface area (Å²) in [7, 11) is 1.49. The third kappa shape index (κ3) is 2.56. The van der Waals surface area contributed by atoms with Crippen molar-refractivity contribution in [2.45, 2.75) is 32.5 Å². The molecule has 78 valence electrons. The molecule has 0 aromatic heterocycles. The highest BCUT2D eigenvalue weighted by Crippen LogP contribution is 2.23. The Hall–Kier alpha value is -0.860. The third-order valence-corrected chi connectivity index (χ3v) is 2.29. The van der Waals surface area contributed by atoms with Gasteiger partial charge >= 0.3 is 0 Å². The minimum Gasteiger partial charge on any atom is -0.364 e. The van der Waals surface area contributed by atoms with Crippen LogP contribution < -0.4 is 0 Å². The van der Waals surface area contributed by atoms with Crippen molar-refractivity contribution in [1.82, 2.24) is 0 Å². The van der Waals surface area contributed by atoms with Crippen LogP contribution in [-0.4, -0.2) is 12.2 Å². The molecule has 1 N–H and O–H groups in total. The first kappa shape index (κ1) is 11.2. The second kappa shape index (κ2) is 4.11. The van der Waals surface area contributed by atoms with E-state index < -0.39 is 6.29 Å². The van der Waals surface area contributed by atoms with Gasteiger partial charge in [0.2, 0.25) is 0 Å². The zero-order valence-electron chi connectivity index (χ0n) is 9.24. The normalized spacial score (nSPS) is 14.1. The van der Waals surface area contributed by atoms with Crippen molar-refractivity contribution >= 4 is 0 Å². The summed E-state index contributed by atoms with van der Waals surface area (Å²) in [5.74, 6) is 0. The van der Waals surface area contributed by atoms with Gasteiger partial charge in [-0.25, -0.2) is 0 Å². The Morgan fingerprint density at radius 1 is 1.14 bits per heavy atom. The molecule has 0 aliphatic carbocycles. The Kier molecular flexibility index (Phi) is 3.29. The molecule has 2 nitrogen and oxygen atoms in total. The van der Waals surface area contributed by atoms with Crippen LogP contribution in [0.15, 0.2) is 24.3 Å². The van der Waals surface area contributed by atoms with E-state index in [1.165, 1.54) is 12.7 Å². The predicted molar refractivity (Wildman–Crippen MR) is 57.1 cm³/mol. The van der Waals surface area contributed by atoms with Crippen molar-refractivity contribution in [2.24, 2.45) is 0 Å². The van der Waals surface area contributed by atoms with E-state index in [2.05, 4.69) is 20.8 Å². The van der Waals surface area contributed by atoms with Gasteiger partial charge in [-0.2, -0.15) is 0 Å². The van der Waals surface area contributed by atoms with Gasteiger partial charge in [-0.05, 0) is 11.0 Å². The average Bonchev–Trinajstić information content (AvgIpc) is 2.15. The van der Waals surface area contributed by atoms with Crippen molar-refractivity contribution in [3.05, 3.63) is 35.4 Å². The molecule has 0 aliphatic heterocycles. The van der Waals surface area contributed by atoms with E-state index >= 15 is 0 Å². The lowest BCUT2D eigenvalue weighted by molar-refractivity contribution is -0.0769. The quantitative estimate of drug-likeness (QED) is 0.733. The lowest BCUT2D eigenvalue weighted by Crippen LogP contribution is -2.11. The maximum absolute atomic E-state index is 9.40. The second-order valence-electron chi connectivity index (χ2n) is 4.46. The molecule has 0 spiro atoms. The van der Waals surface area contributed by atoms with Crippen LogP contribution >= 0.6 is 0 Å². The number of hydrogen-bond acceptors (Lipinski definition) is 2. The molecule has 0 fully saturated rings. The number of benzene rings is 1. The number of ether oxygens (including phenoxy) is 1. The van der Waals surface area contributed by atoms with E-state index in [4.69, 9.17) is 4.74 Å². The van der Waals surface area contributed by atoms with Crippen LogP contribution in [0.1, 0.15) is 38.2 Å². The van der Waals surface area contributed by atoms with E-state index in [-0.39, 0.29) is 5.41 Å². The van der Waals surface area contributed by atoms with Gasteiger partial charge in [-0.15, -0.1) is 0 Å². The van der Waals surface area contributed by atoms with E-state index in [1.54, 1.807) is 0 Å². The lowest BCUT2D eigenvalue weighted by atomic mass is 9.87. The molecular weight excluding hydrogens is 176 g/mol. The van der Waals surface area contributed by atoms with Gasteiger partial charge in [-0.1, -0.05) is 45.0 Å². The van der Waals surface area contributed by atoms with Crippen LogP contribution in [0.2, 0.25) is 0 Å². The van der Waals surface area contributed by atoms with Crippen LogP contribution in [0.3, 0.4) is 0 Å². The maximum atomic E-state index is 9.40. The first-order chi connectivity index (χ1) is 6.45. The molecular formula is C12H18O2. The fraction of sp³-hybridized carbons (Fsp3) is 0.500. The molecule has 2 heteroatoms. The van der Waals surface area contributed by atoms with Gasteiger partial charge in [0.25, 0.3) is 0 Å². The Morgan fingerprint density at radius 3 is 2.00 bits per heavy atom. The van der Waals surface area contributed by atoms with Crippen LogP contribution in [0.5, 0.6) is 0 Å². The SMILES string of the molecule is COC(O)c1ccc(C(C)(C)C)cc1. The highest BCUT2D eigenvalue weighted by atomic mass is 16.6. The van der Waals surface area contributed by atoms with Gasteiger partial charge in [0.1, 0.15) is 0 Å². The minimum atomic E-state index is -0.816. The molecule has 0 radical (unpaired) electrons. The van der Waals surface area contributed by atoms with Crippen LogP contribution in [0.25, 0.3) is 0 Å². The van der Waals surface area contributed by atoms with Crippen molar-refractivity contribution in [3.63, 3.8) is 0 Å². The zero-order valence-corrected chi connectivity index (χ0v) is 9.24. The summed E-state index contributed by atoms with van der Waals surface area (Å²) in [5, 5.41) is 9.40. The Bertz CT molecular complexity index is 282. The molecule has 1 aromatic rings. The summed E-state index contributed by atoms with van der Waals surface area (Å²) in [6.07, 6.45) is -0.816. The number of hydrogen-bond donors (Lipinski definition) is 1. The maximum Gasteiger partial charge on any atom is 0.180 e. The smallest absolute Gasteiger partial charge is 0.180 e. The van der Waals surface area contributed by atoms with E-state index in [0.29, 0.717) is 0 Å². The molecule has 0 saturated carbocycles. The standard InChI is InChI=1S/C12H18O2/c1-12(2,3)10-7-5-9(6-8-10)11(13)14-4/h5-8,11,13H,1-4H3. The van der Waals surface area contributed by atoms with Gasteiger partial charge in [0.15, 0.2) is 6.29 Å². The minimum absolute atomic E-state index is 0.149. The highest BCUT2D eigenvalue weighted by Gasteiger charge is 2.14. The number of aliphatic hydroxyl groups excluding tert-OH is 1. The van der Waals surface area contributed by atoms with Gasteiger partial charge in [-0.3, -0.25) is 0 Å². The summed E-state index contributed by atoms with van der Waals surface area (Å²) in [6.45, 7) is 6.48. The zero-order chi connectivity index (χ0) is 10.8. The molecule has 1 atom stereocenters. The predicted octanol–water partition coefficient (Wildman–Crippen LogP) is 2.62. The highest BCUT2D eigenvalue weighted by molar-refractivity contribution is 5.27. The second-order valence-corrected chi connectivity index (χ2v) is 4.46. The third-order valence-electron chi connectivity index (χ3n) is 2.29. The van der Waals surface area contributed by atoms with Crippen LogP contribution in [0.4, 0.5) is 0 Å². The molecule has 0 heterocycles. The largest absolute Gasteiger partial charge is 0.364 e. The average molecular weight is 194 g/mol. The van der Waals surface area contributed by atoms with Crippen molar-refractivity contribution in [3.8, 4) is 0 Å². The van der Waals surface area contributed by atoms with Crippen LogP contribution in [0, 0.1) is 0 Å². The van der Waals surface area contributed by atoms with Crippen molar-refractivity contribution in [2.75, 3.05) is 7.11 Å².